The lowest BCUT2D eigenvalue weighted by atomic mass is 9.97. The van der Waals surface area contributed by atoms with Crippen LogP contribution in [0, 0.1) is 5.92 Å². The first-order valence-electron chi connectivity index (χ1n) is 9.60. The Morgan fingerprint density at radius 3 is 2.24 bits per heavy atom. The van der Waals surface area contributed by atoms with Gasteiger partial charge in [0.25, 0.3) is 0 Å². The van der Waals surface area contributed by atoms with E-state index in [1.54, 1.807) is 6.92 Å². The number of nitrogens with one attached hydrogen (secondary N) is 2. The maximum Gasteiger partial charge on any atom is 0.326 e. The van der Waals surface area contributed by atoms with E-state index >= 15 is 0 Å². The van der Waals surface area contributed by atoms with Gasteiger partial charge in [0.15, 0.2) is 0 Å². The molecule has 0 aromatic heterocycles. The number of aliphatic carboxylic acids is 2. The molecule has 164 valence electrons. The van der Waals surface area contributed by atoms with Crippen molar-refractivity contribution in [3.8, 4) is 0 Å². The van der Waals surface area contributed by atoms with Gasteiger partial charge in [-0.15, -0.1) is 0 Å². The minimum absolute atomic E-state index is 0.265. The van der Waals surface area contributed by atoms with E-state index in [1.165, 1.54) is 11.8 Å². The smallest absolute Gasteiger partial charge is 0.326 e. The number of likely N-dealkylation sites (tertiary alicyclic amines) is 1. The number of amides is 3. The Hall–Kier alpha value is -2.69. The lowest BCUT2D eigenvalue weighted by molar-refractivity contribution is -0.150. The van der Waals surface area contributed by atoms with Crippen molar-refractivity contribution in [3.63, 3.8) is 0 Å². The number of carbonyl (C=O) groups is 5. The summed E-state index contributed by atoms with van der Waals surface area (Å²) >= 11 is 0. The highest BCUT2D eigenvalue weighted by atomic mass is 16.4. The minimum atomic E-state index is -1.31. The van der Waals surface area contributed by atoms with Crippen LogP contribution in [0.3, 0.4) is 0 Å². The van der Waals surface area contributed by atoms with Crippen LogP contribution in [0.2, 0.25) is 0 Å². The molecule has 11 nitrogen and oxygen atoms in total. The van der Waals surface area contributed by atoms with E-state index in [9.17, 15) is 29.1 Å². The number of rotatable bonds is 10. The second-order valence-electron chi connectivity index (χ2n) is 7.33. The van der Waals surface area contributed by atoms with Gasteiger partial charge in [-0.3, -0.25) is 19.2 Å². The first-order chi connectivity index (χ1) is 13.5. The van der Waals surface area contributed by atoms with Crippen LogP contribution in [0.5, 0.6) is 0 Å². The van der Waals surface area contributed by atoms with Gasteiger partial charge in [-0.25, -0.2) is 4.79 Å². The average Bonchev–Trinajstić information content (AvgIpc) is 3.14. The van der Waals surface area contributed by atoms with Crippen LogP contribution in [0.4, 0.5) is 0 Å². The summed E-state index contributed by atoms with van der Waals surface area (Å²) in [4.78, 5) is 60.7. The van der Waals surface area contributed by atoms with Gasteiger partial charge < -0.3 is 31.5 Å². The fourth-order valence-electron chi connectivity index (χ4n) is 3.09. The number of nitrogens with two attached hydrogens (primary N) is 1. The first kappa shape index (κ1) is 24.3. The van der Waals surface area contributed by atoms with Crippen molar-refractivity contribution in [1.82, 2.24) is 15.5 Å². The van der Waals surface area contributed by atoms with Crippen LogP contribution in [-0.4, -0.2) is 75.5 Å². The van der Waals surface area contributed by atoms with E-state index in [2.05, 4.69) is 10.6 Å². The molecule has 1 rings (SSSR count). The monoisotopic (exact) mass is 414 g/mol. The van der Waals surface area contributed by atoms with Crippen molar-refractivity contribution in [2.24, 2.45) is 11.7 Å². The Labute approximate surface area is 169 Å². The summed E-state index contributed by atoms with van der Waals surface area (Å²) in [6, 6.07) is -4.23. The summed E-state index contributed by atoms with van der Waals surface area (Å²) in [5.41, 5.74) is 5.47. The molecule has 0 radical (unpaired) electrons. The molecule has 29 heavy (non-hydrogen) atoms. The molecule has 1 heterocycles. The summed E-state index contributed by atoms with van der Waals surface area (Å²) in [6.07, 6.45) is 0.903. The third kappa shape index (κ3) is 6.70. The predicted octanol–water partition coefficient (Wildman–Crippen LogP) is -1.10. The van der Waals surface area contributed by atoms with Crippen molar-refractivity contribution in [2.45, 2.75) is 70.6 Å². The summed E-state index contributed by atoms with van der Waals surface area (Å²) in [5.74, 6) is -4.51. The number of hydrogen-bond donors (Lipinski definition) is 5. The summed E-state index contributed by atoms with van der Waals surface area (Å²) in [5, 5.41) is 22.9. The summed E-state index contributed by atoms with van der Waals surface area (Å²) in [6.45, 7) is 5.29. The molecule has 1 fully saturated rings. The quantitative estimate of drug-likeness (QED) is 0.299. The standard InChI is InChI=1S/C18H30N4O7/c1-4-9(2)14(17(27)22-7-5-6-12(22)18(28)29)21-15(25)10(3)20-16(26)11(19)8-13(23)24/h9-12,14H,4-8,19H2,1-3H3,(H,20,26)(H,21,25)(H,23,24)(H,28,29). The lowest BCUT2D eigenvalue weighted by Crippen LogP contribution is -2.58. The van der Waals surface area contributed by atoms with Gasteiger partial charge in [-0.05, 0) is 25.7 Å². The van der Waals surface area contributed by atoms with Gasteiger partial charge in [-0.1, -0.05) is 20.3 Å². The first-order valence-corrected chi connectivity index (χ1v) is 9.60. The number of carboxylic acid groups (broad SMARTS) is 2. The summed E-state index contributed by atoms with van der Waals surface area (Å²) in [7, 11) is 0. The highest BCUT2D eigenvalue weighted by molar-refractivity contribution is 5.94. The predicted molar refractivity (Wildman–Crippen MR) is 102 cm³/mol. The zero-order valence-corrected chi connectivity index (χ0v) is 16.9. The third-order valence-electron chi connectivity index (χ3n) is 5.08. The molecule has 1 aliphatic heterocycles. The van der Waals surface area contributed by atoms with Crippen LogP contribution in [0.25, 0.3) is 0 Å². The maximum absolute atomic E-state index is 12.9. The Balaban J connectivity index is 2.83. The van der Waals surface area contributed by atoms with E-state index in [4.69, 9.17) is 10.8 Å². The van der Waals surface area contributed by atoms with Crippen molar-refractivity contribution in [2.75, 3.05) is 6.54 Å². The second-order valence-corrected chi connectivity index (χ2v) is 7.33. The maximum atomic E-state index is 12.9. The van der Waals surface area contributed by atoms with Crippen molar-refractivity contribution < 1.29 is 34.2 Å². The molecule has 5 atom stereocenters. The second kappa shape index (κ2) is 10.7. The number of carboxylic acids is 2. The fraction of sp³-hybridized carbons (Fsp3) is 0.722. The molecule has 0 aromatic rings. The van der Waals surface area contributed by atoms with Crippen LogP contribution in [0.15, 0.2) is 0 Å². The Bertz CT molecular complexity index is 654. The van der Waals surface area contributed by atoms with Gasteiger partial charge in [0.05, 0.1) is 12.5 Å². The number of nitrogens with zero attached hydrogens (tertiary/aromatic N) is 1. The van der Waals surface area contributed by atoms with Crippen LogP contribution < -0.4 is 16.4 Å². The molecule has 11 heteroatoms. The SMILES string of the molecule is CCC(C)C(NC(=O)C(C)NC(=O)C(N)CC(=O)O)C(=O)N1CCCC1C(=O)O. The van der Waals surface area contributed by atoms with Crippen LogP contribution >= 0.6 is 0 Å². The molecule has 5 unspecified atom stereocenters. The third-order valence-corrected chi connectivity index (χ3v) is 5.08. The Morgan fingerprint density at radius 1 is 1.10 bits per heavy atom. The van der Waals surface area contributed by atoms with Gasteiger partial charge in [0.2, 0.25) is 17.7 Å². The largest absolute Gasteiger partial charge is 0.481 e. The molecule has 3 amide bonds. The molecule has 0 bridgehead atoms. The van der Waals surface area contributed by atoms with Crippen molar-refractivity contribution >= 4 is 29.7 Å². The van der Waals surface area contributed by atoms with Gasteiger partial charge in [-0.2, -0.15) is 0 Å². The van der Waals surface area contributed by atoms with Crippen molar-refractivity contribution in [3.05, 3.63) is 0 Å². The van der Waals surface area contributed by atoms with E-state index in [1.807, 2.05) is 6.92 Å². The molecular formula is C18H30N4O7. The normalized spacial score (nSPS) is 20.3. The molecule has 1 aliphatic rings. The highest BCUT2D eigenvalue weighted by Crippen LogP contribution is 2.21. The highest BCUT2D eigenvalue weighted by Gasteiger charge is 2.39. The van der Waals surface area contributed by atoms with Crippen LogP contribution in [0.1, 0.15) is 46.5 Å². The van der Waals surface area contributed by atoms with Gasteiger partial charge in [0.1, 0.15) is 18.1 Å². The Kier molecular flexibility index (Phi) is 9.02. The molecule has 0 spiro atoms. The topological polar surface area (TPSA) is 179 Å². The zero-order valence-electron chi connectivity index (χ0n) is 16.9. The summed E-state index contributed by atoms with van der Waals surface area (Å²) < 4.78 is 0. The molecule has 0 aliphatic carbocycles. The Morgan fingerprint density at radius 2 is 1.72 bits per heavy atom. The minimum Gasteiger partial charge on any atom is -0.481 e. The molecule has 0 aromatic carbocycles. The fourth-order valence-corrected chi connectivity index (χ4v) is 3.09. The molecule has 6 N–H and O–H groups in total. The van der Waals surface area contributed by atoms with Crippen LogP contribution in [-0.2, 0) is 24.0 Å². The van der Waals surface area contributed by atoms with E-state index in [0.717, 1.165) is 0 Å². The van der Waals surface area contributed by atoms with Gasteiger partial charge >= 0.3 is 11.9 Å². The average molecular weight is 414 g/mol. The number of carbonyl (C=O) groups excluding carboxylic acids is 3. The zero-order chi connectivity index (χ0) is 22.3. The molecule has 0 saturated carbocycles. The van der Waals surface area contributed by atoms with E-state index < -0.39 is 60.2 Å². The lowest BCUT2D eigenvalue weighted by Gasteiger charge is -2.31. The van der Waals surface area contributed by atoms with Gasteiger partial charge in [0, 0.05) is 6.54 Å². The van der Waals surface area contributed by atoms with Crippen molar-refractivity contribution in [1.29, 1.82) is 0 Å². The molecule has 1 saturated heterocycles. The molecular weight excluding hydrogens is 384 g/mol. The van der Waals surface area contributed by atoms with E-state index in [-0.39, 0.29) is 5.92 Å². The number of hydrogen-bond acceptors (Lipinski definition) is 6. The van der Waals surface area contributed by atoms with E-state index in [0.29, 0.717) is 25.8 Å².